The number of ether oxygens (including phenoxy) is 2. The lowest BCUT2D eigenvalue weighted by Gasteiger charge is -2.08. The normalized spacial score (nSPS) is 9.62. The highest BCUT2D eigenvalue weighted by molar-refractivity contribution is 5.89. The number of benzene rings is 1. The topological polar surface area (TPSA) is 93.7 Å². The van der Waals surface area contributed by atoms with Gasteiger partial charge in [0.1, 0.15) is 5.75 Å². The molecule has 0 atom stereocenters. The van der Waals surface area contributed by atoms with Crippen molar-refractivity contribution >= 4 is 17.8 Å². The van der Waals surface area contributed by atoms with Crippen LogP contribution in [0.3, 0.4) is 0 Å². The molecule has 1 aromatic carbocycles. The van der Waals surface area contributed by atoms with Gasteiger partial charge >= 0.3 is 5.97 Å². The van der Waals surface area contributed by atoms with Crippen molar-refractivity contribution in [1.29, 1.82) is 0 Å². The fourth-order valence-corrected chi connectivity index (χ4v) is 1.31. The molecule has 21 heavy (non-hydrogen) atoms. The second kappa shape index (κ2) is 8.57. The molecule has 0 spiro atoms. The maximum absolute atomic E-state index is 11.4. The van der Waals surface area contributed by atoms with Crippen molar-refractivity contribution in [3.63, 3.8) is 0 Å². The van der Waals surface area contributed by atoms with Crippen molar-refractivity contribution in [2.24, 2.45) is 0 Å². The van der Waals surface area contributed by atoms with Gasteiger partial charge in [-0.15, -0.1) is 0 Å². The van der Waals surface area contributed by atoms with E-state index < -0.39 is 11.9 Å². The monoisotopic (exact) mass is 294 g/mol. The van der Waals surface area contributed by atoms with Gasteiger partial charge in [-0.25, -0.2) is 4.79 Å². The minimum Gasteiger partial charge on any atom is -0.484 e. The Morgan fingerprint density at radius 2 is 1.62 bits per heavy atom. The van der Waals surface area contributed by atoms with Crippen molar-refractivity contribution in [2.75, 3.05) is 13.2 Å². The smallest absolute Gasteiger partial charge is 0.338 e. The van der Waals surface area contributed by atoms with E-state index in [-0.39, 0.29) is 18.9 Å². The molecule has 0 aliphatic heterocycles. The molecular weight excluding hydrogens is 276 g/mol. The van der Waals surface area contributed by atoms with Gasteiger partial charge < -0.3 is 9.47 Å². The van der Waals surface area contributed by atoms with Gasteiger partial charge in [0.2, 0.25) is 5.91 Å². The third kappa shape index (κ3) is 5.94. The summed E-state index contributed by atoms with van der Waals surface area (Å²) in [5.74, 6) is -0.752. The van der Waals surface area contributed by atoms with Gasteiger partial charge in [0.25, 0.3) is 5.91 Å². The Kier molecular flexibility index (Phi) is 6.73. The van der Waals surface area contributed by atoms with E-state index in [0.29, 0.717) is 17.9 Å². The molecule has 2 N–H and O–H groups in total. The number of hydrazine groups is 1. The quantitative estimate of drug-likeness (QED) is 0.598. The first-order chi connectivity index (χ1) is 10.1. The van der Waals surface area contributed by atoms with Crippen LogP contribution in [0.2, 0.25) is 0 Å². The molecule has 0 saturated carbocycles. The maximum atomic E-state index is 11.4. The molecule has 0 aromatic heterocycles. The first-order valence-corrected chi connectivity index (χ1v) is 6.54. The predicted molar refractivity (Wildman–Crippen MR) is 74.5 cm³/mol. The molecule has 0 fully saturated rings. The van der Waals surface area contributed by atoms with Crippen molar-refractivity contribution in [1.82, 2.24) is 10.9 Å². The summed E-state index contributed by atoms with van der Waals surface area (Å²) in [4.78, 5) is 33.7. The van der Waals surface area contributed by atoms with Crippen molar-refractivity contribution in [3.05, 3.63) is 29.8 Å². The maximum Gasteiger partial charge on any atom is 0.338 e. The van der Waals surface area contributed by atoms with Crippen molar-refractivity contribution in [2.45, 2.75) is 20.3 Å². The largest absolute Gasteiger partial charge is 0.484 e. The minimum atomic E-state index is -0.480. The van der Waals surface area contributed by atoms with Crippen LogP contribution in [-0.4, -0.2) is 31.0 Å². The molecule has 7 heteroatoms. The van der Waals surface area contributed by atoms with Crippen LogP contribution in [0, 0.1) is 0 Å². The summed E-state index contributed by atoms with van der Waals surface area (Å²) >= 11 is 0. The Morgan fingerprint density at radius 3 is 2.19 bits per heavy atom. The zero-order valence-electron chi connectivity index (χ0n) is 12.0. The standard InChI is InChI=1S/C14H18N2O5/c1-3-12(17)15-16-13(18)9-21-11-7-5-10(6-8-11)14(19)20-4-2/h5-8H,3-4,9H2,1-2H3,(H,15,17)(H,16,18). The van der Waals surface area contributed by atoms with E-state index in [1.54, 1.807) is 38.1 Å². The summed E-state index contributed by atoms with van der Waals surface area (Å²) in [5.41, 5.74) is 4.85. The Balaban J connectivity index is 2.40. The molecule has 0 aliphatic carbocycles. The SMILES string of the molecule is CCOC(=O)c1ccc(OCC(=O)NNC(=O)CC)cc1. The third-order valence-electron chi connectivity index (χ3n) is 2.40. The molecule has 0 bridgehead atoms. The predicted octanol–water partition coefficient (Wildman–Crippen LogP) is 0.799. The zero-order valence-corrected chi connectivity index (χ0v) is 12.0. The molecule has 0 heterocycles. The molecular formula is C14H18N2O5. The van der Waals surface area contributed by atoms with E-state index in [9.17, 15) is 14.4 Å². The number of rotatable bonds is 6. The molecule has 114 valence electrons. The number of amides is 2. The molecule has 1 aromatic rings. The van der Waals surface area contributed by atoms with Gasteiger partial charge in [0.15, 0.2) is 6.61 Å². The summed E-state index contributed by atoms with van der Waals surface area (Å²) in [6.07, 6.45) is 0.274. The highest BCUT2D eigenvalue weighted by atomic mass is 16.5. The number of hydrogen-bond acceptors (Lipinski definition) is 5. The van der Waals surface area contributed by atoms with Crippen LogP contribution < -0.4 is 15.6 Å². The van der Waals surface area contributed by atoms with E-state index >= 15 is 0 Å². The lowest BCUT2D eigenvalue weighted by atomic mass is 10.2. The van der Waals surface area contributed by atoms with E-state index in [1.807, 2.05) is 0 Å². The highest BCUT2D eigenvalue weighted by Gasteiger charge is 2.07. The summed E-state index contributed by atoms with van der Waals surface area (Å²) < 4.78 is 10.1. The highest BCUT2D eigenvalue weighted by Crippen LogP contribution is 2.12. The summed E-state index contributed by atoms with van der Waals surface area (Å²) in [7, 11) is 0. The van der Waals surface area contributed by atoms with Crippen LogP contribution in [0.15, 0.2) is 24.3 Å². The number of esters is 1. The van der Waals surface area contributed by atoms with Gasteiger partial charge in [-0.3, -0.25) is 20.4 Å². The molecule has 0 aliphatic rings. The van der Waals surface area contributed by atoms with Crippen LogP contribution in [0.25, 0.3) is 0 Å². The van der Waals surface area contributed by atoms with Crippen LogP contribution in [0.1, 0.15) is 30.6 Å². The van der Waals surface area contributed by atoms with Crippen molar-refractivity contribution < 1.29 is 23.9 Å². The van der Waals surface area contributed by atoms with E-state index in [0.717, 1.165) is 0 Å². The van der Waals surface area contributed by atoms with Crippen LogP contribution in [0.5, 0.6) is 5.75 Å². The van der Waals surface area contributed by atoms with E-state index in [4.69, 9.17) is 9.47 Å². The first-order valence-electron chi connectivity index (χ1n) is 6.54. The van der Waals surface area contributed by atoms with E-state index in [1.165, 1.54) is 0 Å². The van der Waals surface area contributed by atoms with Crippen LogP contribution >= 0.6 is 0 Å². The Morgan fingerprint density at radius 1 is 1.00 bits per heavy atom. The summed E-state index contributed by atoms with van der Waals surface area (Å²) in [6, 6.07) is 6.21. The molecule has 0 radical (unpaired) electrons. The summed E-state index contributed by atoms with van der Waals surface area (Å²) in [6.45, 7) is 3.46. The molecule has 0 unspecified atom stereocenters. The number of carbonyl (C=O) groups is 3. The van der Waals surface area contributed by atoms with Gasteiger partial charge in [-0.1, -0.05) is 6.92 Å². The van der Waals surface area contributed by atoms with Gasteiger partial charge in [-0.2, -0.15) is 0 Å². The average molecular weight is 294 g/mol. The molecule has 7 nitrogen and oxygen atoms in total. The molecule has 0 saturated heterocycles. The Bertz CT molecular complexity index is 499. The molecule has 1 rings (SSSR count). The third-order valence-corrected chi connectivity index (χ3v) is 2.40. The van der Waals surface area contributed by atoms with E-state index in [2.05, 4.69) is 10.9 Å². The average Bonchev–Trinajstić information content (AvgIpc) is 2.51. The fraction of sp³-hybridized carbons (Fsp3) is 0.357. The lowest BCUT2D eigenvalue weighted by molar-refractivity contribution is -0.129. The number of hydrogen-bond donors (Lipinski definition) is 2. The number of carbonyl (C=O) groups excluding carboxylic acids is 3. The number of nitrogens with one attached hydrogen (secondary N) is 2. The van der Waals surface area contributed by atoms with Gasteiger partial charge in [0.05, 0.1) is 12.2 Å². The van der Waals surface area contributed by atoms with Crippen molar-refractivity contribution in [3.8, 4) is 5.75 Å². The first kappa shape index (κ1) is 16.5. The lowest BCUT2D eigenvalue weighted by Crippen LogP contribution is -2.43. The Hall–Kier alpha value is -2.57. The van der Waals surface area contributed by atoms with Crippen LogP contribution in [-0.2, 0) is 14.3 Å². The fourth-order valence-electron chi connectivity index (χ4n) is 1.31. The Labute approximate surface area is 122 Å². The zero-order chi connectivity index (χ0) is 15.7. The van der Waals surface area contributed by atoms with Gasteiger partial charge in [-0.05, 0) is 31.2 Å². The van der Waals surface area contributed by atoms with Gasteiger partial charge in [0, 0.05) is 6.42 Å². The molecule has 2 amide bonds. The summed E-state index contributed by atoms with van der Waals surface area (Å²) in [5, 5.41) is 0. The second-order valence-corrected chi connectivity index (χ2v) is 3.98. The van der Waals surface area contributed by atoms with Crippen LogP contribution in [0.4, 0.5) is 0 Å². The minimum absolute atomic E-state index is 0.247. The second-order valence-electron chi connectivity index (χ2n) is 3.98.